The number of ether oxygens (including phenoxy) is 1. The van der Waals surface area contributed by atoms with E-state index in [4.69, 9.17) is 4.74 Å². The van der Waals surface area contributed by atoms with Crippen molar-refractivity contribution < 1.29 is 9.13 Å². The second-order valence-electron chi connectivity index (χ2n) is 4.64. The number of hydrogen-bond acceptors (Lipinski definition) is 3. The molecule has 1 aromatic carbocycles. The molecule has 0 spiro atoms. The summed E-state index contributed by atoms with van der Waals surface area (Å²) in [5.74, 6) is 0.495. The van der Waals surface area contributed by atoms with Gasteiger partial charge in [0.1, 0.15) is 11.6 Å². The Hall–Kier alpha value is -1.46. The van der Waals surface area contributed by atoms with Gasteiger partial charge in [-0.3, -0.25) is 4.98 Å². The van der Waals surface area contributed by atoms with E-state index in [1.54, 1.807) is 19.4 Å². The summed E-state index contributed by atoms with van der Waals surface area (Å²) in [6.45, 7) is 2.73. The van der Waals surface area contributed by atoms with Crippen molar-refractivity contribution in [2.45, 2.75) is 19.4 Å². The number of halogens is 2. The molecule has 0 radical (unpaired) electrons. The van der Waals surface area contributed by atoms with E-state index in [-0.39, 0.29) is 11.9 Å². The normalized spacial score (nSPS) is 12.2. The van der Waals surface area contributed by atoms with Gasteiger partial charge in [0.2, 0.25) is 0 Å². The maximum absolute atomic E-state index is 14.0. The van der Waals surface area contributed by atoms with Crippen LogP contribution in [0.15, 0.2) is 41.0 Å². The van der Waals surface area contributed by atoms with Gasteiger partial charge in [0.25, 0.3) is 0 Å². The molecule has 0 saturated heterocycles. The van der Waals surface area contributed by atoms with Crippen molar-refractivity contribution in [1.29, 1.82) is 0 Å². The first-order valence-corrected chi connectivity index (χ1v) is 7.61. The van der Waals surface area contributed by atoms with Crippen LogP contribution in [0.25, 0.3) is 0 Å². The number of nitrogens with zero attached hydrogens (tertiary/aromatic N) is 1. The third kappa shape index (κ3) is 4.02. The van der Waals surface area contributed by atoms with Gasteiger partial charge in [0.05, 0.1) is 18.8 Å². The van der Waals surface area contributed by atoms with Crippen LogP contribution >= 0.6 is 15.9 Å². The van der Waals surface area contributed by atoms with Gasteiger partial charge in [-0.1, -0.05) is 22.9 Å². The van der Waals surface area contributed by atoms with Gasteiger partial charge < -0.3 is 10.1 Å². The largest absolute Gasteiger partial charge is 0.496 e. The second-order valence-corrected chi connectivity index (χ2v) is 5.56. The number of hydrogen-bond donors (Lipinski definition) is 1. The Kier molecular flexibility index (Phi) is 5.70. The van der Waals surface area contributed by atoms with Gasteiger partial charge in [0, 0.05) is 10.7 Å². The highest BCUT2D eigenvalue weighted by Gasteiger charge is 2.18. The molecule has 0 saturated carbocycles. The fourth-order valence-corrected chi connectivity index (χ4v) is 2.70. The molecule has 1 heterocycles. The van der Waals surface area contributed by atoms with Crippen LogP contribution in [0.2, 0.25) is 0 Å². The highest BCUT2D eigenvalue weighted by molar-refractivity contribution is 9.10. The van der Waals surface area contributed by atoms with Crippen molar-refractivity contribution in [3.05, 3.63) is 58.1 Å². The van der Waals surface area contributed by atoms with Gasteiger partial charge in [-0.25, -0.2) is 4.39 Å². The SMILES string of the molecule is CCNC(Cc1cc(Br)ccc1OC)c1ncccc1F. The van der Waals surface area contributed by atoms with E-state index >= 15 is 0 Å². The number of aromatic nitrogens is 1. The Labute approximate surface area is 132 Å². The highest BCUT2D eigenvalue weighted by Crippen LogP contribution is 2.28. The lowest BCUT2D eigenvalue weighted by Gasteiger charge is -2.19. The van der Waals surface area contributed by atoms with Crippen molar-refractivity contribution >= 4 is 15.9 Å². The van der Waals surface area contributed by atoms with Crippen LogP contribution in [0.1, 0.15) is 24.2 Å². The minimum Gasteiger partial charge on any atom is -0.496 e. The molecule has 1 atom stereocenters. The molecule has 2 aromatic rings. The quantitative estimate of drug-likeness (QED) is 0.856. The number of benzene rings is 1. The number of likely N-dealkylation sites (N-methyl/N-ethyl adjacent to an activating group) is 1. The summed E-state index contributed by atoms with van der Waals surface area (Å²) in [7, 11) is 1.64. The zero-order valence-electron chi connectivity index (χ0n) is 12.1. The van der Waals surface area contributed by atoms with E-state index in [1.807, 2.05) is 25.1 Å². The lowest BCUT2D eigenvalue weighted by molar-refractivity contribution is 0.404. The number of rotatable bonds is 6. The summed E-state index contributed by atoms with van der Waals surface area (Å²) in [6, 6.07) is 8.65. The van der Waals surface area contributed by atoms with E-state index in [2.05, 4.69) is 26.2 Å². The zero-order chi connectivity index (χ0) is 15.2. The summed E-state index contributed by atoms with van der Waals surface area (Å²) in [4.78, 5) is 4.18. The predicted octanol–water partition coefficient (Wildman–Crippen LogP) is 3.89. The second kappa shape index (κ2) is 7.52. The van der Waals surface area contributed by atoms with Gasteiger partial charge >= 0.3 is 0 Å². The van der Waals surface area contributed by atoms with Crippen molar-refractivity contribution in [1.82, 2.24) is 10.3 Å². The predicted molar refractivity (Wildman–Crippen MR) is 85.0 cm³/mol. The molecule has 0 aliphatic heterocycles. The van der Waals surface area contributed by atoms with Gasteiger partial charge in [0.15, 0.2) is 0 Å². The Bertz CT molecular complexity index is 607. The Morgan fingerprint density at radius 1 is 1.38 bits per heavy atom. The number of pyridine rings is 1. The molecule has 1 unspecified atom stereocenters. The van der Waals surface area contributed by atoms with Gasteiger partial charge in [-0.15, -0.1) is 0 Å². The smallest absolute Gasteiger partial charge is 0.146 e. The fraction of sp³-hybridized carbons (Fsp3) is 0.312. The van der Waals surface area contributed by atoms with E-state index in [0.29, 0.717) is 12.1 Å². The summed E-state index contributed by atoms with van der Waals surface area (Å²) in [5, 5.41) is 3.29. The molecule has 112 valence electrons. The minimum absolute atomic E-state index is 0.195. The molecule has 5 heteroatoms. The lowest BCUT2D eigenvalue weighted by Crippen LogP contribution is -2.25. The van der Waals surface area contributed by atoms with Crippen LogP contribution in [-0.2, 0) is 6.42 Å². The Morgan fingerprint density at radius 2 is 2.19 bits per heavy atom. The molecule has 0 fully saturated rings. The monoisotopic (exact) mass is 352 g/mol. The first-order valence-electron chi connectivity index (χ1n) is 6.82. The van der Waals surface area contributed by atoms with Crippen LogP contribution in [0.3, 0.4) is 0 Å². The summed E-state index contributed by atoms with van der Waals surface area (Å²) in [6.07, 6.45) is 2.21. The van der Waals surface area contributed by atoms with Crippen LogP contribution in [0.5, 0.6) is 5.75 Å². The molecule has 3 nitrogen and oxygen atoms in total. The third-order valence-electron chi connectivity index (χ3n) is 3.23. The zero-order valence-corrected chi connectivity index (χ0v) is 13.7. The van der Waals surface area contributed by atoms with Crippen molar-refractivity contribution in [2.75, 3.05) is 13.7 Å². The van der Waals surface area contributed by atoms with E-state index < -0.39 is 0 Å². The van der Waals surface area contributed by atoms with Crippen LogP contribution < -0.4 is 10.1 Å². The maximum atomic E-state index is 14.0. The van der Waals surface area contributed by atoms with Gasteiger partial charge in [-0.2, -0.15) is 0 Å². The highest BCUT2D eigenvalue weighted by atomic mass is 79.9. The average Bonchev–Trinajstić information content (AvgIpc) is 2.48. The number of nitrogens with one attached hydrogen (secondary N) is 1. The molecule has 0 bridgehead atoms. The van der Waals surface area contributed by atoms with Crippen LogP contribution in [-0.4, -0.2) is 18.6 Å². The lowest BCUT2D eigenvalue weighted by atomic mass is 10.0. The molecule has 0 aliphatic rings. The summed E-state index contributed by atoms with van der Waals surface area (Å²) < 4.78 is 20.3. The molecule has 21 heavy (non-hydrogen) atoms. The summed E-state index contributed by atoms with van der Waals surface area (Å²) in [5.41, 5.74) is 1.43. The maximum Gasteiger partial charge on any atom is 0.146 e. The Morgan fingerprint density at radius 3 is 2.86 bits per heavy atom. The topological polar surface area (TPSA) is 34.1 Å². The molecular formula is C16H18BrFN2O. The molecule has 0 aliphatic carbocycles. The van der Waals surface area contributed by atoms with Crippen molar-refractivity contribution in [3.63, 3.8) is 0 Å². The third-order valence-corrected chi connectivity index (χ3v) is 3.73. The minimum atomic E-state index is -0.294. The molecule has 2 rings (SSSR count). The first kappa shape index (κ1) is 15.9. The fourth-order valence-electron chi connectivity index (χ4n) is 2.29. The van der Waals surface area contributed by atoms with Crippen LogP contribution in [0, 0.1) is 5.82 Å². The van der Waals surface area contributed by atoms with Crippen molar-refractivity contribution in [2.24, 2.45) is 0 Å². The molecular weight excluding hydrogens is 335 g/mol. The van der Waals surface area contributed by atoms with Crippen molar-refractivity contribution in [3.8, 4) is 5.75 Å². The van der Waals surface area contributed by atoms with Gasteiger partial charge in [-0.05, 0) is 48.9 Å². The first-order chi connectivity index (χ1) is 10.2. The number of methoxy groups -OCH3 is 1. The van der Waals surface area contributed by atoms with E-state index in [9.17, 15) is 4.39 Å². The van der Waals surface area contributed by atoms with E-state index in [1.165, 1.54) is 6.07 Å². The molecule has 0 amide bonds. The Balaban J connectivity index is 2.33. The standard InChI is InChI=1S/C16H18BrFN2O/c1-3-19-14(16-13(18)5-4-8-20-16)10-11-9-12(17)6-7-15(11)21-2/h4-9,14,19H,3,10H2,1-2H3. The van der Waals surface area contributed by atoms with Crippen LogP contribution in [0.4, 0.5) is 4.39 Å². The average molecular weight is 353 g/mol. The summed E-state index contributed by atoms with van der Waals surface area (Å²) >= 11 is 3.46. The molecule has 1 N–H and O–H groups in total. The molecule has 1 aromatic heterocycles. The van der Waals surface area contributed by atoms with E-state index in [0.717, 1.165) is 22.3 Å².